The van der Waals surface area contributed by atoms with Crippen molar-refractivity contribution in [3.05, 3.63) is 0 Å². The van der Waals surface area contributed by atoms with Crippen LogP contribution in [0.2, 0.25) is 0 Å². The smallest absolute Gasteiger partial charge is 0.139 e. The summed E-state index contributed by atoms with van der Waals surface area (Å²) >= 11 is 0. The van der Waals surface area contributed by atoms with Gasteiger partial charge < -0.3 is 5.11 Å². The van der Waals surface area contributed by atoms with Crippen molar-refractivity contribution in [2.45, 2.75) is 32.8 Å². The lowest BCUT2D eigenvalue weighted by Crippen LogP contribution is -2.21. The van der Waals surface area contributed by atoms with E-state index in [2.05, 4.69) is 13.8 Å². The van der Waals surface area contributed by atoms with Crippen LogP contribution in [0.4, 0.5) is 0 Å². The van der Waals surface area contributed by atoms with E-state index < -0.39 is 0 Å². The summed E-state index contributed by atoms with van der Waals surface area (Å²) in [7, 11) is 0. The number of aliphatic hydroxyl groups excluding tert-OH is 1. The second-order valence-corrected chi connectivity index (χ2v) is 4.47. The fourth-order valence-corrected chi connectivity index (χ4v) is 2.56. The topological polar surface area (TPSA) is 37.3 Å². The molecule has 0 aromatic carbocycles. The molecule has 0 spiro atoms. The molecular formula is C9H14O2. The van der Waals surface area contributed by atoms with Crippen molar-refractivity contribution in [1.82, 2.24) is 0 Å². The van der Waals surface area contributed by atoms with Crippen molar-refractivity contribution < 1.29 is 9.90 Å². The standard InChI is InChI=1S/C9H14O2/c1-9(2)6-3-5(10)4-7(11)8(6)9/h5-6,8,10H,3-4H2,1-2H3. The third kappa shape index (κ3) is 0.853. The minimum Gasteiger partial charge on any atom is -0.393 e. The first-order valence-electron chi connectivity index (χ1n) is 4.24. The van der Waals surface area contributed by atoms with Gasteiger partial charge in [0.05, 0.1) is 6.10 Å². The summed E-state index contributed by atoms with van der Waals surface area (Å²) in [6.45, 7) is 4.25. The molecule has 1 N–H and O–H groups in total. The molecule has 2 aliphatic rings. The van der Waals surface area contributed by atoms with Crippen LogP contribution in [0.5, 0.6) is 0 Å². The van der Waals surface area contributed by atoms with E-state index in [9.17, 15) is 9.90 Å². The molecule has 2 aliphatic carbocycles. The first-order chi connectivity index (χ1) is 5.03. The Morgan fingerprint density at radius 2 is 2.18 bits per heavy atom. The second-order valence-electron chi connectivity index (χ2n) is 4.47. The average Bonchev–Trinajstić information content (AvgIpc) is 2.34. The van der Waals surface area contributed by atoms with Crippen LogP contribution < -0.4 is 0 Å². The maximum atomic E-state index is 11.3. The van der Waals surface area contributed by atoms with Crippen LogP contribution in [0.15, 0.2) is 0 Å². The van der Waals surface area contributed by atoms with E-state index >= 15 is 0 Å². The molecule has 2 heteroatoms. The Hall–Kier alpha value is -0.370. The second kappa shape index (κ2) is 1.86. The van der Waals surface area contributed by atoms with Gasteiger partial charge in [-0.3, -0.25) is 4.79 Å². The molecule has 2 rings (SSSR count). The van der Waals surface area contributed by atoms with Gasteiger partial charge in [-0.2, -0.15) is 0 Å². The van der Waals surface area contributed by atoms with E-state index in [1.165, 1.54) is 0 Å². The van der Waals surface area contributed by atoms with Crippen LogP contribution in [0, 0.1) is 17.3 Å². The van der Waals surface area contributed by atoms with E-state index in [1.54, 1.807) is 0 Å². The number of carbonyl (C=O) groups excluding carboxylic acids is 1. The zero-order valence-electron chi connectivity index (χ0n) is 7.00. The highest BCUT2D eigenvalue weighted by atomic mass is 16.3. The van der Waals surface area contributed by atoms with Gasteiger partial charge in [0.15, 0.2) is 0 Å². The van der Waals surface area contributed by atoms with E-state index in [0.717, 1.165) is 6.42 Å². The maximum Gasteiger partial charge on any atom is 0.139 e. The Morgan fingerprint density at radius 3 is 2.73 bits per heavy atom. The van der Waals surface area contributed by atoms with Crippen LogP contribution in [-0.4, -0.2) is 17.0 Å². The van der Waals surface area contributed by atoms with Gasteiger partial charge >= 0.3 is 0 Å². The van der Waals surface area contributed by atoms with Gasteiger partial charge in [-0.15, -0.1) is 0 Å². The summed E-state index contributed by atoms with van der Waals surface area (Å²) < 4.78 is 0. The Bertz CT molecular complexity index is 208. The summed E-state index contributed by atoms with van der Waals surface area (Å²) in [5.41, 5.74) is 0.189. The Labute approximate surface area is 66.6 Å². The van der Waals surface area contributed by atoms with Crippen molar-refractivity contribution in [3.63, 3.8) is 0 Å². The zero-order chi connectivity index (χ0) is 8.22. The minimum atomic E-state index is -0.356. The van der Waals surface area contributed by atoms with E-state index in [-0.39, 0.29) is 23.2 Å². The SMILES string of the molecule is CC1(C)C2CC(O)CC(=O)C21. The molecule has 0 radical (unpaired) electrons. The summed E-state index contributed by atoms with van der Waals surface area (Å²) in [6, 6.07) is 0. The largest absolute Gasteiger partial charge is 0.393 e. The van der Waals surface area contributed by atoms with Crippen molar-refractivity contribution in [2.24, 2.45) is 17.3 Å². The Kier molecular flexibility index (Phi) is 1.23. The molecule has 0 bridgehead atoms. The highest BCUT2D eigenvalue weighted by Gasteiger charge is 2.63. The van der Waals surface area contributed by atoms with Crippen molar-refractivity contribution in [1.29, 1.82) is 0 Å². The predicted octanol–water partition coefficient (Wildman–Crippen LogP) is 0.982. The molecule has 0 amide bonds. The zero-order valence-corrected chi connectivity index (χ0v) is 7.00. The number of aliphatic hydroxyl groups is 1. The van der Waals surface area contributed by atoms with Crippen molar-refractivity contribution in [2.75, 3.05) is 0 Å². The molecule has 2 nitrogen and oxygen atoms in total. The number of ketones is 1. The number of hydrogen-bond donors (Lipinski definition) is 1. The monoisotopic (exact) mass is 154 g/mol. The Balaban J connectivity index is 2.17. The van der Waals surface area contributed by atoms with Crippen LogP contribution in [0.3, 0.4) is 0 Å². The number of rotatable bonds is 0. The quantitative estimate of drug-likeness (QED) is 0.564. The van der Waals surface area contributed by atoms with Gasteiger partial charge in [0.1, 0.15) is 5.78 Å². The lowest BCUT2D eigenvalue weighted by molar-refractivity contribution is -0.124. The molecule has 3 atom stereocenters. The number of Topliss-reactive ketones (excluding diaryl/α,β-unsaturated/α-hetero) is 1. The minimum absolute atomic E-state index is 0.189. The van der Waals surface area contributed by atoms with Gasteiger partial charge in [0.2, 0.25) is 0 Å². The number of fused-ring (bicyclic) bond motifs is 1. The number of carbonyl (C=O) groups is 1. The molecule has 0 aromatic rings. The van der Waals surface area contributed by atoms with E-state index in [0.29, 0.717) is 12.3 Å². The van der Waals surface area contributed by atoms with Crippen molar-refractivity contribution >= 4 is 5.78 Å². The highest BCUT2D eigenvalue weighted by Crippen LogP contribution is 2.63. The molecule has 2 fully saturated rings. The Morgan fingerprint density at radius 1 is 1.55 bits per heavy atom. The highest BCUT2D eigenvalue weighted by molar-refractivity contribution is 5.86. The first-order valence-corrected chi connectivity index (χ1v) is 4.24. The summed E-state index contributed by atoms with van der Waals surface area (Å²) in [6.07, 6.45) is 0.874. The summed E-state index contributed by atoms with van der Waals surface area (Å²) in [5, 5.41) is 9.29. The molecule has 62 valence electrons. The van der Waals surface area contributed by atoms with Crippen molar-refractivity contribution in [3.8, 4) is 0 Å². The summed E-state index contributed by atoms with van der Waals surface area (Å²) in [5.74, 6) is 1.02. The third-order valence-corrected chi connectivity index (χ3v) is 3.36. The first kappa shape index (κ1) is 7.29. The molecule has 0 heterocycles. The molecule has 11 heavy (non-hydrogen) atoms. The molecule has 3 unspecified atom stereocenters. The third-order valence-electron chi connectivity index (χ3n) is 3.36. The molecular weight excluding hydrogens is 140 g/mol. The van der Waals surface area contributed by atoms with Gasteiger partial charge in [-0.1, -0.05) is 13.8 Å². The lowest BCUT2D eigenvalue weighted by Gasteiger charge is -2.13. The fraction of sp³-hybridized carbons (Fsp3) is 0.889. The molecule has 2 saturated carbocycles. The van der Waals surface area contributed by atoms with Crippen LogP contribution in [0.25, 0.3) is 0 Å². The lowest BCUT2D eigenvalue weighted by atomic mass is 9.97. The van der Waals surface area contributed by atoms with E-state index in [1.807, 2.05) is 0 Å². The van der Waals surface area contributed by atoms with Gasteiger partial charge in [-0.05, 0) is 17.8 Å². The van der Waals surface area contributed by atoms with Gasteiger partial charge in [0, 0.05) is 12.3 Å². The molecule has 0 saturated heterocycles. The van der Waals surface area contributed by atoms with Gasteiger partial charge in [-0.25, -0.2) is 0 Å². The summed E-state index contributed by atoms with van der Waals surface area (Å²) in [4.78, 5) is 11.3. The predicted molar refractivity (Wildman–Crippen MR) is 41.0 cm³/mol. The normalized spacial score (nSPS) is 46.8. The molecule has 0 aliphatic heterocycles. The maximum absolute atomic E-state index is 11.3. The average molecular weight is 154 g/mol. The fourth-order valence-electron chi connectivity index (χ4n) is 2.56. The van der Waals surface area contributed by atoms with Crippen LogP contribution >= 0.6 is 0 Å². The molecule has 0 aromatic heterocycles. The van der Waals surface area contributed by atoms with Crippen LogP contribution in [-0.2, 0) is 4.79 Å². The number of hydrogen-bond acceptors (Lipinski definition) is 2. The van der Waals surface area contributed by atoms with Crippen LogP contribution in [0.1, 0.15) is 26.7 Å². The van der Waals surface area contributed by atoms with Gasteiger partial charge in [0.25, 0.3) is 0 Å². The van der Waals surface area contributed by atoms with E-state index in [4.69, 9.17) is 0 Å².